The molecule has 0 saturated heterocycles. The molecule has 1 aromatic carbocycles. The van der Waals surface area contributed by atoms with Crippen molar-refractivity contribution in [3.8, 4) is 11.3 Å². The fourth-order valence-corrected chi connectivity index (χ4v) is 3.41. The predicted octanol–water partition coefficient (Wildman–Crippen LogP) is 0.964. The molecule has 0 radical (unpaired) electrons. The lowest BCUT2D eigenvalue weighted by Crippen LogP contribution is -2.55. The Bertz CT molecular complexity index is 891. The summed E-state index contributed by atoms with van der Waals surface area (Å²) in [5, 5.41) is 16.1. The third-order valence-electron chi connectivity index (χ3n) is 4.97. The molecule has 3 rings (SSSR count). The molecule has 1 fully saturated rings. The molecular weight excluding hydrogens is 360 g/mol. The van der Waals surface area contributed by atoms with Crippen molar-refractivity contribution in [2.24, 2.45) is 0 Å². The topological polar surface area (TPSA) is 105 Å². The molecule has 0 atom stereocenters. The number of rotatable bonds is 8. The molecule has 1 heterocycles. The Kier molecular flexibility index (Phi) is 6.20. The molecule has 2 N–H and O–H groups in total. The molecule has 1 aliphatic rings. The first-order chi connectivity index (χ1) is 13.5. The van der Waals surface area contributed by atoms with Gasteiger partial charge in [0.05, 0.1) is 12.2 Å². The monoisotopic (exact) mass is 384 g/mol. The molecule has 148 valence electrons. The van der Waals surface area contributed by atoms with Gasteiger partial charge in [0.15, 0.2) is 0 Å². The van der Waals surface area contributed by atoms with Crippen molar-refractivity contribution in [1.29, 1.82) is 0 Å². The first-order valence-electron chi connectivity index (χ1n) is 9.35. The molecule has 8 nitrogen and oxygen atoms in total. The van der Waals surface area contributed by atoms with Crippen molar-refractivity contribution in [3.63, 3.8) is 0 Å². The minimum atomic E-state index is -0.849. The van der Waals surface area contributed by atoms with Crippen LogP contribution in [0.3, 0.4) is 0 Å². The summed E-state index contributed by atoms with van der Waals surface area (Å²) >= 11 is 0. The summed E-state index contributed by atoms with van der Waals surface area (Å²) in [6.07, 6.45) is 1.42. The molecule has 8 heteroatoms. The Morgan fingerprint density at radius 3 is 2.57 bits per heavy atom. The van der Waals surface area contributed by atoms with E-state index in [1.54, 1.807) is 6.07 Å². The quantitative estimate of drug-likeness (QED) is 0.703. The van der Waals surface area contributed by atoms with Crippen LogP contribution in [0, 0.1) is 0 Å². The summed E-state index contributed by atoms with van der Waals surface area (Å²) in [7, 11) is 0. The number of carbonyl (C=O) groups is 2. The lowest BCUT2D eigenvalue weighted by atomic mass is 9.85. The van der Waals surface area contributed by atoms with Gasteiger partial charge in [0.25, 0.3) is 5.56 Å². The van der Waals surface area contributed by atoms with Crippen LogP contribution >= 0.6 is 0 Å². The number of carboxylic acids is 1. The Balaban J connectivity index is 1.56. The Morgan fingerprint density at radius 1 is 1.21 bits per heavy atom. The second-order valence-electron chi connectivity index (χ2n) is 6.93. The third kappa shape index (κ3) is 4.83. The van der Waals surface area contributed by atoms with E-state index in [0.29, 0.717) is 25.1 Å². The molecule has 0 unspecified atom stereocenters. The molecule has 1 aliphatic carbocycles. The van der Waals surface area contributed by atoms with Gasteiger partial charge in [0.1, 0.15) is 6.54 Å². The number of benzene rings is 1. The van der Waals surface area contributed by atoms with Crippen LogP contribution in [0.1, 0.15) is 19.8 Å². The third-order valence-corrected chi connectivity index (χ3v) is 4.97. The maximum absolute atomic E-state index is 12.3. The number of nitrogens with zero attached hydrogens (tertiary/aromatic N) is 3. The maximum atomic E-state index is 12.3. The minimum Gasteiger partial charge on any atom is -0.480 e. The summed E-state index contributed by atoms with van der Waals surface area (Å²) in [6.45, 7) is 2.44. The second kappa shape index (κ2) is 8.79. The standard InChI is InChI=1S/C20H24N4O4/c1-2-23(13-20(27)28)16-10-15(11-16)21-18(25)12-24-19(26)9-8-17(22-24)14-6-4-3-5-7-14/h3-9,15-16H,2,10-13H2,1H3,(H,21,25)(H,27,28). The number of aliphatic carboxylic acids is 1. The van der Waals surface area contributed by atoms with E-state index in [-0.39, 0.29) is 36.6 Å². The van der Waals surface area contributed by atoms with E-state index < -0.39 is 5.97 Å². The average molecular weight is 384 g/mol. The van der Waals surface area contributed by atoms with Gasteiger partial charge >= 0.3 is 5.97 Å². The van der Waals surface area contributed by atoms with Crippen molar-refractivity contribution in [3.05, 3.63) is 52.8 Å². The fourth-order valence-electron chi connectivity index (χ4n) is 3.41. The number of hydrogen-bond donors (Lipinski definition) is 2. The highest BCUT2D eigenvalue weighted by molar-refractivity contribution is 5.76. The second-order valence-corrected chi connectivity index (χ2v) is 6.93. The van der Waals surface area contributed by atoms with Crippen LogP contribution in [0.4, 0.5) is 0 Å². The van der Waals surface area contributed by atoms with Gasteiger partial charge in [0.2, 0.25) is 5.91 Å². The van der Waals surface area contributed by atoms with E-state index in [0.717, 1.165) is 10.2 Å². The highest BCUT2D eigenvalue weighted by Gasteiger charge is 2.34. The highest BCUT2D eigenvalue weighted by Crippen LogP contribution is 2.25. The molecule has 1 aromatic heterocycles. The van der Waals surface area contributed by atoms with E-state index in [1.165, 1.54) is 6.07 Å². The SMILES string of the molecule is CCN(CC(=O)O)C1CC(NC(=O)Cn2nc(-c3ccccc3)ccc2=O)C1. The van der Waals surface area contributed by atoms with Crippen molar-refractivity contribution in [2.45, 2.75) is 38.4 Å². The predicted molar refractivity (Wildman–Crippen MR) is 104 cm³/mol. The van der Waals surface area contributed by atoms with Crippen molar-refractivity contribution in [2.75, 3.05) is 13.1 Å². The minimum absolute atomic E-state index is 0.00615. The highest BCUT2D eigenvalue weighted by atomic mass is 16.4. The number of likely N-dealkylation sites (N-methyl/N-ethyl adjacent to an activating group) is 1. The van der Waals surface area contributed by atoms with Gasteiger partial charge in [-0.15, -0.1) is 0 Å². The average Bonchev–Trinajstić information content (AvgIpc) is 2.65. The summed E-state index contributed by atoms with van der Waals surface area (Å²) in [4.78, 5) is 37.1. The van der Waals surface area contributed by atoms with Gasteiger partial charge in [-0.3, -0.25) is 19.3 Å². The molecule has 0 aliphatic heterocycles. The number of carboxylic acid groups (broad SMARTS) is 1. The van der Waals surface area contributed by atoms with Crippen molar-refractivity contribution in [1.82, 2.24) is 20.0 Å². The van der Waals surface area contributed by atoms with E-state index in [9.17, 15) is 14.4 Å². The first-order valence-corrected chi connectivity index (χ1v) is 9.35. The van der Waals surface area contributed by atoms with Crippen LogP contribution in [-0.4, -0.2) is 56.8 Å². The molecule has 1 saturated carbocycles. The van der Waals surface area contributed by atoms with E-state index in [4.69, 9.17) is 5.11 Å². The molecular formula is C20H24N4O4. The molecule has 28 heavy (non-hydrogen) atoms. The van der Waals surface area contributed by atoms with Crippen LogP contribution in [-0.2, 0) is 16.1 Å². The van der Waals surface area contributed by atoms with Gasteiger partial charge in [-0.2, -0.15) is 5.10 Å². The Labute approximate surface area is 162 Å². The smallest absolute Gasteiger partial charge is 0.317 e. The van der Waals surface area contributed by atoms with Crippen LogP contribution in [0.25, 0.3) is 11.3 Å². The number of nitrogens with one attached hydrogen (secondary N) is 1. The number of aromatic nitrogens is 2. The Morgan fingerprint density at radius 2 is 1.93 bits per heavy atom. The summed E-state index contributed by atoms with van der Waals surface area (Å²) < 4.78 is 1.16. The lowest BCUT2D eigenvalue weighted by Gasteiger charge is -2.42. The van der Waals surface area contributed by atoms with Crippen molar-refractivity contribution < 1.29 is 14.7 Å². The van der Waals surface area contributed by atoms with Gasteiger partial charge in [-0.1, -0.05) is 37.3 Å². The molecule has 0 spiro atoms. The van der Waals surface area contributed by atoms with E-state index in [1.807, 2.05) is 42.2 Å². The van der Waals surface area contributed by atoms with Crippen LogP contribution < -0.4 is 10.9 Å². The summed E-state index contributed by atoms with van der Waals surface area (Å²) in [6, 6.07) is 12.7. The van der Waals surface area contributed by atoms with Gasteiger partial charge in [-0.05, 0) is 25.5 Å². The molecule has 0 bridgehead atoms. The zero-order chi connectivity index (χ0) is 20.1. The number of amides is 1. The maximum Gasteiger partial charge on any atom is 0.317 e. The van der Waals surface area contributed by atoms with Gasteiger partial charge in [-0.25, -0.2) is 4.68 Å². The Hall–Kier alpha value is -3.00. The fraction of sp³-hybridized carbons (Fsp3) is 0.400. The molecule has 2 aromatic rings. The van der Waals surface area contributed by atoms with Gasteiger partial charge in [0, 0.05) is 23.7 Å². The summed E-state index contributed by atoms with van der Waals surface area (Å²) in [5.41, 5.74) is 1.17. The van der Waals surface area contributed by atoms with E-state index >= 15 is 0 Å². The number of carbonyl (C=O) groups excluding carboxylic acids is 1. The van der Waals surface area contributed by atoms with Crippen LogP contribution in [0.2, 0.25) is 0 Å². The summed E-state index contributed by atoms with van der Waals surface area (Å²) in [5.74, 6) is -1.12. The largest absolute Gasteiger partial charge is 0.480 e. The first kappa shape index (κ1) is 19.8. The zero-order valence-corrected chi connectivity index (χ0v) is 15.7. The van der Waals surface area contributed by atoms with Gasteiger partial charge < -0.3 is 10.4 Å². The zero-order valence-electron chi connectivity index (χ0n) is 15.7. The normalized spacial score (nSPS) is 18.5. The van der Waals surface area contributed by atoms with Crippen LogP contribution in [0.15, 0.2) is 47.3 Å². The van der Waals surface area contributed by atoms with E-state index in [2.05, 4.69) is 10.4 Å². The number of hydrogen-bond acceptors (Lipinski definition) is 5. The molecule has 1 amide bonds. The lowest BCUT2D eigenvalue weighted by molar-refractivity contribution is -0.139. The van der Waals surface area contributed by atoms with Crippen molar-refractivity contribution >= 4 is 11.9 Å². The van der Waals surface area contributed by atoms with Crippen LogP contribution in [0.5, 0.6) is 0 Å².